The van der Waals surface area contributed by atoms with Crippen molar-refractivity contribution in [3.8, 4) is 0 Å². The number of hydrogen-bond acceptors (Lipinski definition) is 2. The van der Waals surface area contributed by atoms with Crippen LogP contribution in [0.1, 0.15) is 26.2 Å². The quantitative estimate of drug-likeness (QED) is 0.713. The van der Waals surface area contributed by atoms with Crippen LogP contribution in [0.3, 0.4) is 0 Å². The van der Waals surface area contributed by atoms with E-state index < -0.39 is 12.6 Å². The molecule has 2 atom stereocenters. The maximum atomic E-state index is 11.8. The smallest absolute Gasteiger partial charge is 0.315 e. The number of hydrogen-bond donors (Lipinski definition) is 2. The predicted octanol–water partition coefficient (Wildman–Crippen LogP) is 1.92. The molecule has 1 rings (SSSR count). The maximum Gasteiger partial charge on any atom is 0.390 e. The van der Waals surface area contributed by atoms with Crippen molar-refractivity contribution >= 4 is 0 Å². The molecule has 0 radical (unpaired) electrons. The SMILES string of the molecule is CC1CCCNC1CNCCC(F)(F)F. The molecule has 0 aliphatic carbocycles. The summed E-state index contributed by atoms with van der Waals surface area (Å²) in [5.74, 6) is 0.553. The van der Waals surface area contributed by atoms with Gasteiger partial charge in [0.25, 0.3) is 0 Å². The average molecular weight is 224 g/mol. The lowest BCUT2D eigenvalue weighted by molar-refractivity contribution is -0.133. The van der Waals surface area contributed by atoms with Gasteiger partial charge in [-0.15, -0.1) is 0 Å². The van der Waals surface area contributed by atoms with Crippen LogP contribution in [0.15, 0.2) is 0 Å². The maximum absolute atomic E-state index is 11.8. The molecular formula is C10H19F3N2. The van der Waals surface area contributed by atoms with E-state index in [-0.39, 0.29) is 6.54 Å². The Bertz CT molecular complexity index is 182. The number of nitrogens with one attached hydrogen (secondary N) is 2. The van der Waals surface area contributed by atoms with E-state index >= 15 is 0 Å². The Morgan fingerprint density at radius 1 is 1.40 bits per heavy atom. The van der Waals surface area contributed by atoms with E-state index in [0.29, 0.717) is 18.5 Å². The lowest BCUT2D eigenvalue weighted by Gasteiger charge is -2.30. The Kier molecular flexibility index (Phi) is 4.86. The predicted molar refractivity (Wildman–Crippen MR) is 53.7 cm³/mol. The van der Waals surface area contributed by atoms with E-state index in [9.17, 15) is 13.2 Å². The van der Waals surface area contributed by atoms with Gasteiger partial charge in [-0.2, -0.15) is 13.2 Å². The fourth-order valence-corrected chi connectivity index (χ4v) is 1.87. The summed E-state index contributed by atoms with van der Waals surface area (Å²) < 4.78 is 35.5. The summed E-state index contributed by atoms with van der Waals surface area (Å²) in [7, 11) is 0. The van der Waals surface area contributed by atoms with Gasteiger partial charge in [-0.1, -0.05) is 6.92 Å². The summed E-state index contributed by atoms with van der Waals surface area (Å²) in [6, 6.07) is 0.326. The highest BCUT2D eigenvalue weighted by Gasteiger charge is 2.26. The van der Waals surface area contributed by atoms with Gasteiger partial charge in [-0.25, -0.2) is 0 Å². The van der Waals surface area contributed by atoms with Crippen molar-refractivity contribution in [2.45, 2.75) is 38.4 Å². The largest absolute Gasteiger partial charge is 0.390 e. The number of piperidine rings is 1. The van der Waals surface area contributed by atoms with Crippen molar-refractivity contribution in [1.82, 2.24) is 10.6 Å². The molecule has 2 unspecified atom stereocenters. The molecule has 0 spiro atoms. The fourth-order valence-electron chi connectivity index (χ4n) is 1.87. The third-order valence-electron chi connectivity index (χ3n) is 2.88. The summed E-state index contributed by atoms with van der Waals surface area (Å²) >= 11 is 0. The first-order chi connectivity index (χ1) is 6.99. The van der Waals surface area contributed by atoms with Gasteiger partial charge in [0, 0.05) is 19.1 Å². The molecule has 0 aromatic heterocycles. The Morgan fingerprint density at radius 2 is 2.13 bits per heavy atom. The number of halogens is 3. The van der Waals surface area contributed by atoms with Crippen LogP contribution in [0.4, 0.5) is 13.2 Å². The molecule has 1 heterocycles. The van der Waals surface area contributed by atoms with Gasteiger partial charge in [-0.3, -0.25) is 0 Å². The van der Waals surface area contributed by atoms with Crippen LogP contribution >= 0.6 is 0 Å². The fraction of sp³-hybridized carbons (Fsp3) is 1.00. The van der Waals surface area contributed by atoms with Crippen LogP contribution in [0.5, 0.6) is 0 Å². The van der Waals surface area contributed by atoms with Crippen molar-refractivity contribution in [2.75, 3.05) is 19.6 Å². The van der Waals surface area contributed by atoms with Crippen LogP contribution in [-0.4, -0.2) is 31.9 Å². The van der Waals surface area contributed by atoms with Crippen molar-refractivity contribution < 1.29 is 13.2 Å². The van der Waals surface area contributed by atoms with E-state index in [1.807, 2.05) is 0 Å². The number of alkyl halides is 3. The molecular weight excluding hydrogens is 205 g/mol. The van der Waals surface area contributed by atoms with Gasteiger partial charge in [0.15, 0.2) is 0 Å². The summed E-state index contributed by atoms with van der Waals surface area (Å²) in [5, 5.41) is 6.18. The molecule has 5 heteroatoms. The van der Waals surface area contributed by atoms with Crippen LogP contribution in [0, 0.1) is 5.92 Å². The van der Waals surface area contributed by atoms with Crippen LogP contribution in [-0.2, 0) is 0 Å². The zero-order valence-corrected chi connectivity index (χ0v) is 9.03. The van der Waals surface area contributed by atoms with Gasteiger partial charge in [0.1, 0.15) is 0 Å². The molecule has 1 saturated heterocycles. The summed E-state index contributed by atoms with van der Waals surface area (Å²) in [5.41, 5.74) is 0. The van der Waals surface area contributed by atoms with Gasteiger partial charge in [-0.05, 0) is 25.3 Å². The molecule has 2 N–H and O–H groups in total. The van der Waals surface area contributed by atoms with E-state index in [1.165, 1.54) is 12.8 Å². The van der Waals surface area contributed by atoms with Gasteiger partial charge >= 0.3 is 6.18 Å². The van der Waals surface area contributed by atoms with E-state index in [0.717, 1.165) is 6.54 Å². The highest BCUT2D eigenvalue weighted by molar-refractivity contribution is 4.80. The third kappa shape index (κ3) is 5.37. The Labute approximate surface area is 88.6 Å². The van der Waals surface area contributed by atoms with Crippen molar-refractivity contribution in [3.63, 3.8) is 0 Å². The summed E-state index contributed by atoms with van der Waals surface area (Å²) in [6.45, 7) is 3.78. The molecule has 0 amide bonds. The Hall–Kier alpha value is -0.290. The van der Waals surface area contributed by atoms with Crippen LogP contribution < -0.4 is 10.6 Å². The second kappa shape index (κ2) is 5.70. The minimum absolute atomic E-state index is 0.0222. The minimum Gasteiger partial charge on any atom is -0.315 e. The third-order valence-corrected chi connectivity index (χ3v) is 2.88. The molecule has 1 aliphatic heterocycles. The normalized spacial score (nSPS) is 28.0. The van der Waals surface area contributed by atoms with Gasteiger partial charge in [0.2, 0.25) is 0 Å². The molecule has 1 fully saturated rings. The molecule has 0 aromatic rings. The zero-order chi connectivity index (χ0) is 11.3. The minimum atomic E-state index is -4.04. The standard InChI is InChI=1S/C10H19F3N2/c1-8-3-2-5-15-9(8)7-14-6-4-10(11,12)13/h8-9,14-15H,2-7H2,1H3. The van der Waals surface area contributed by atoms with Crippen molar-refractivity contribution in [1.29, 1.82) is 0 Å². The second-order valence-electron chi connectivity index (χ2n) is 4.25. The Balaban J connectivity index is 2.08. The van der Waals surface area contributed by atoms with Crippen molar-refractivity contribution in [3.05, 3.63) is 0 Å². The molecule has 0 aromatic carbocycles. The summed E-state index contributed by atoms with van der Waals surface area (Å²) in [6.07, 6.45) is -2.45. The van der Waals surface area contributed by atoms with E-state index in [2.05, 4.69) is 17.6 Å². The highest BCUT2D eigenvalue weighted by atomic mass is 19.4. The average Bonchev–Trinajstić information content (AvgIpc) is 2.13. The first-order valence-electron chi connectivity index (χ1n) is 5.50. The highest BCUT2D eigenvalue weighted by Crippen LogP contribution is 2.18. The monoisotopic (exact) mass is 224 g/mol. The molecule has 2 nitrogen and oxygen atoms in total. The first kappa shape index (κ1) is 12.8. The van der Waals surface area contributed by atoms with Crippen LogP contribution in [0.25, 0.3) is 0 Å². The van der Waals surface area contributed by atoms with Crippen molar-refractivity contribution in [2.24, 2.45) is 5.92 Å². The Morgan fingerprint density at radius 3 is 2.73 bits per heavy atom. The van der Waals surface area contributed by atoms with Gasteiger partial charge < -0.3 is 10.6 Å². The van der Waals surface area contributed by atoms with E-state index in [1.54, 1.807) is 0 Å². The molecule has 15 heavy (non-hydrogen) atoms. The molecule has 1 aliphatic rings. The lowest BCUT2D eigenvalue weighted by atomic mass is 9.93. The topological polar surface area (TPSA) is 24.1 Å². The van der Waals surface area contributed by atoms with E-state index in [4.69, 9.17) is 0 Å². The molecule has 0 bridgehead atoms. The second-order valence-corrected chi connectivity index (χ2v) is 4.25. The lowest BCUT2D eigenvalue weighted by Crippen LogP contribution is -2.47. The summed E-state index contributed by atoms with van der Waals surface area (Å²) in [4.78, 5) is 0. The zero-order valence-electron chi connectivity index (χ0n) is 9.03. The first-order valence-corrected chi connectivity index (χ1v) is 5.50. The number of rotatable bonds is 4. The van der Waals surface area contributed by atoms with Crippen LogP contribution in [0.2, 0.25) is 0 Å². The van der Waals surface area contributed by atoms with Gasteiger partial charge in [0.05, 0.1) is 6.42 Å². The molecule has 90 valence electrons. The molecule has 0 saturated carbocycles.